The number of benzene rings is 1. The van der Waals surface area contributed by atoms with Gasteiger partial charge in [0, 0.05) is 38.6 Å². The van der Waals surface area contributed by atoms with Crippen LogP contribution in [0.1, 0.15) is 40.5 Å². The zero-order valence-electron chi connectivity index (χ0n) is 19.7. The molecule has 1 aliphatic rings. The second-order valence-electron chi connectivity index (χ2n) is 8.24. The van der Waals surface area contributed by atoms with E-state index in [-0.39, 0.29) is 22.8 Å². The van der Waals surface area contributed by atoms with E-state index < -0.39 is 10.0 Å². The number of ether oxygens (including phenoxy) is 1. The first kappa shape index (κ1) is 24.9. The molecular formula is C23H33N5O4S. The van der Waals surface area contributed by atoms with Gasteiger partial charge in [0.2, 0.25) is 21.9 Å². The van der Waals surface area contributed by atoms with Crippen LogP contribution in [0.2, 0.25) is 0 Å². The molecule has 0 unspecified atom stereocenters. The van der Waals surface area contributed by atoms with E-state index in [0.717, 1.165) is 19.4 Å². The van der Waals surface area contributed by atoms with Gasteiger partial charge in [-0.3, -0.25) is 4.79 Å². The molecule has 1 N–H and O–H groups in total. The second kappa shape index (κ2) is 10.9. The molecule has 33 heavy (non-hydrogen) atoms. The highest BCUT2D eigenvalue weighted by molar-refractivity contribution is 7.89. The minimum absolute atomic E-state index is 0.126. The zero-order chi connectivity index (χ0) is 24.0. The third-order valence-corrected chi connectivity index (χ3v) is 7.59. The Kier molecular flexibility index (Phi) is 8.25. The molecule has 1 aromatic carbocycles. The number of hydrogen-bond acceptors (Lipinski definition) is 7. The highest BCUT2D eigenvalue weighted by Gasteiger charge is 2.29. The lowest BCUT2D eigenvalue weighted by molar-refractivity contribution is -0.120. The van der Waals surface area contributed by atoms with Gasteiger partial charge in [0.1, 0.15) is 5.75 Å². The summed E-state index contributed by atoms with van der Waals surface area (Å²) >= 11 is 0. The van der Waals surface area contributed by atoms with Crippen molar-refractivity contribution in [2.45, 2.75) is 51.5 Å². The molecular weight excluding hydrogens is 442 g/mol. The lowest BCUT2D eigenvalue weighted by Crippen LogP contribution is -2.41. The van der Waals surface area contributed by atoms with Crippen LogP contribution in [-0.2, 0) is 14.8 Å². The van der Waals surface area contributed by atoms with Crippen LogP contribution < -0.4 is 15.0 Å². The Balaban J connectivity index is 1.85. The van der Waals surface area contributed by atoms with Crippen LogP contribution in [0.25, 0.3) is 0 Å². The molecule has 1 aromatic heterocycles. The van der Waals surface area contributed by atoms with Crippen LogP contribution in [0, 0.1) is 5.92 Å². The van der Waals surface area contributed by atoms with Crippen LogP contribution in [0.15, 0.2) is 41.6 Å². The fourth-order valence-corrected chi connectivity index (χ4v) is 5.38. The summed E-state index contributed by atoms with van der Waals surface area (Å²) in [4.78, 5) is 23.9. The highest BCUT2D eigenvalue weighted by atomic mass is 32.2. The van der Waals surface area contributed by atoms with Crippen LogP contribution >= 0.6 is 0 Å². The maximum absolute atomic E-state index is 13.2. The Morgan fingerprint density at radius 3 is 2.58 bits per heavy atom. The zero-order valence-corrected chi connectivity index (χ0v) is 20.5. The average Bonchev–Trinajstić information content (AvgIpc) is 2.81. The molecule has 0 aliphatic carbocycles. The molecule has 1 atom stereocenters. The number of carbonyl (C=O) groups is 1. The molecule has 9 nitrogen and oxygen atoms in total. The topological polar surface area (TPSA) is 105 Å². The van der Waals surface area contributed by atoms with Gasteiger partial charge in [0.15, 0.2) is 0 Å². The third-order valence-electron chi connectivity index (χ3n) is 5.54. The number of rotatable bonds is 9. The van der Waals surface area contributed by atoms with Gasteiger partial charge in [-0.05, 0) is 51.0 Å². The molecule has 1 amide bonds. The number of carbonyl (C=O) groups excluding carboxylic acids is 1. The molecule has 2 aromatic rings. The Hall–Kier alpha value is -2.72. The first-order chi connectivity index (χ1) is 15.8. The van der Waals surface area contributed by atoms with Gasteiger partial charge >= 0.3 is 0 Å². The molecule has 2 heterocycles. The number of hydrogen-bond donors (Lipinski definition) is 1. The molecule has 1 saturated heterocycles. The summed E-state index contributed by atoms with van der Waals surface area (Å²) in [7, 11) is -3.67. The summed E-state index contributed by atoms with van der Waals surface area (Å²) in [5, 5.41) is 2.93. The Bertz CT molecular complexity index is 1040. The monoisotopic (exact) mass is 475 g/mol. The molecule has 1 aliphatic heterocycles. The van der Waals surface area contributed by atoms with Crippen LogP contribution in [0.3, 0.4) is 0 Å². The third kappa shape index (κ3) is 6.00. The SMILES string of the molecule is CCN(CC)S(=O)(=O)c1ccc(OC(C)C)c(NC(=O)[C@H]2CCCN(c3ncccn3)C2)c1. The number of aromatic nitrogens is 2. The van der Waals surface area contributed by atoms with Gasteiger partial charge in [-0.15, -0.1) is 0 Å². The Morgan fingerprint density at radius 2 is 1.94 bits per heavy atom. The van der Waals surface area contributed by atoms with Crippen molar-refractivity contribution in [1.82, 2.24) is 14.3 Å². The quantitative estimate of drug-likeness (QED) is 0.594. The first-order valence-corrected chi connectivity index (χ1v) is 12.8. The maximum Gasteiger partial charge on any atom is 0.243 e. The predicted molar refractivity (Wildman–Crippen MR) is 128 cm³/mol. The fourth-order valence-electron chi connectivity index (χ4n) is 3.90. The van der Waals surface area contributed by atoms with E-state index in [1.807, 2.05) is 18.7 Å². The minimum Gasteiger partial charge on any atom is -0.489 e. The van der Waals surface area contributed by atoms with E-state index in [1.54, 1.807) is 38.4 Å². The average molecular weight is 476 g/mol. The van der Waals surface area contributed by atoms with E-state index in [1.165, 1.54) is 16.4 Å². The normalized spacial score (nSPS) is 16.8. The summed E-state index contributed by atoms with van der Waals surface area (Å²) in [6.45, 7) is 9.36. The van der Waals surface area contributed by atoms with Crippen molar-refractivity contribution in [3.05, 3.63) is 36.7 Å². The number of amides is 1. The molecule has 1 fully saturated rings. The van der Waals surface area contributed by atoms with Crippen molar-refractivity contribution < 1.29 is 17.9 Å². The first-order valence-electron chi connectivity index (χ1n) is 11.4. The number of nitrogens with zero attached hydrogens (tertiary/aromatic N) is 4. The summed E-state index contributed by atoms with van der Waals surface area (Å²) < 4.78 is 33.3. The van der Waals surface area contributed by atoms with E-state index in [4.69, 9.17) is 4.74 Å². The molecule has 0 bridgehead atoms. The van der Waals surface area contributed by atoms with Gasteiger partial charge in [0.05, 0.1) is 22.6 Å². The van der Waals surface area contributed by atoms with Gasteiger partial charge in [0.25, 0.3) is 0 Å². The number of anilines is 2. The molecule has 3 rings (SSSR count). The lowest BCUT2D eigenvalue weighted by Gasteiger charge is -2.32. The van der Waals surface area contributed by atoms with Crippen molar-refractivity contribution in [2.24, 2.45) is 5.92 Å². The van der Waals surface area contributed by atoms with E-state index in [9.17, 15) is 13.2 Å². The minimum atomic E-state index is -3.67. The highest BCUT2D eigenvalue weighted by Crippen LogP contribution is 2.31. The smallest absolute Gasteiger partial charge is 0.243 e. The molecule has 0 spiro atoms. The number of piperidine rings is 1. The molecule has 0 saturated carbocycles. The largest absolute Gasteiger partial charge is 0.489 e. The van der Waals surface area contributed by atoms with Crippen molar-refractivity contribution in [3.63, 3.8) is 0 Å². The van der Waals surface area contributed by atoms with Gasteiger partial charge < -0.3 is 15.0 Å². The van der Waals surface area contributed by atoms with Crippen LogP contribution in [0.5, 0.6) is 5.75 Å². The molecule has 0 radical (unpaired) electrons. The number of sulfonamides is 1. The summed E-state index contributed by atoms with van der Waals surface area (Å²) in [6, 6.07) is 6.38. The second-order valence-corrected chi connectivity index (χ2v) is 10.2. The predicted octanol–water partition coefficient (Wildman–Crippen LogP) is 3.15. The summed E-state index contributed by atoms with van der Waals surface area (Å²) in [6.07, 6.45) is 4.80. The van der Waals surface area contributed by atoms with Crippen molar-refractivity contribution in [3.8, 4) is 5.75 Å². The van der Waals surface area contributed by atoms with Crippen LogP contribution in [0.4, 0.5) is 11.6 Å². The fraction of sp³-hybridized carbons (Fsp3) is 0.522. The van der Waals surface area contributed by atoms with E-state index in [2.05, 4.69) is 15.3 Å². The van der Waals surface area contributed by atoms with Crippen molar-refractivity contribution in [2.75, 3.05) is 36.4 Å². The summed E-state index contributed by atoms with van der Waals surface area (Å²) in [5.74, 6) is 0.584. The van der Waals surface area contributed by atoms with Crippen molar-refractivity contribution >= 4 is 27.6 Å². The van der Waals surface area contributed by atoms with Crippen molar-refractivity contribution in [1.29, 1.82) is 0 Å². The van der Waals surface area contributed by atoms with Crippen LogP contribution in [-0.4, -0.2) is 60.9 Å². The van der Waals surface area contributed by atoms with E-state index >= 15 is 0 Å². The number of nitrogens with one attached hydrogen (secondary N) is 1. The summed E-state index contributed by atoms with van der Waals surface area (Å²) in [5.41, 5.74) is 0.356. The standard InChI is InChI=1S/C23H33N5O4S/c1-5-28(6-2)33(30,31)19-10-11-21(32-17(3)4)20(15-19)26-22(29)18-9-7-14-27(16-18)23-24-12-8-13-25-23/h8,10-13,15,17-18H,5-7,9,14,16H2,1-4H3,(H,26,29)/t18-/m0/s1. The molecule has 10 heteroatoms. The maximum atomic E-state index is 13.2. The van der Waals surface area contributed by atoms with Gasteiger partial charge in [-0.25, -0.2) is 18.4 Å². The lowest BCUT2D eigenvalue weighted by atomic mass is 9.97. The molecule has 180 valence electrons. The van der Waals surface area contributed by atoms with E-state index in [0.29, 0.717) is 37.0 Å². The Morgan fingerprint density at radius 1 is 1.24 bits per heavy atom. The Labute approximate surface area is 196 Å². The van der Waals surface area contributed by atoms with Gasteiger partial charge in [-0.1, -0.05) is 13.8 Å². The van der Waals surface area contributed by atoms with Gasteiger partial charge in [-0.2, -0.15) is 4.31 Å².